The highest BCUT2D eigenvalue weighted by atomic mass is 16.5. The Labute approximate surface area is 246 Å². The van der Waals surface area contributed by atoms with E-state index in [1.54, 1.807) is 4.90 Å². The number of ether oxygens (including phenoxy) is 2. The molecule has 2 aromatic rings. The molecule has 224 valence electrons. The number of likely N-dealkylation sites (tertiary alicyclic amines) is 1. The summed E-state index contributed by atoms with van der Waals surface area (Å²) in [5.41, 5.74) is 0.928. The monoisotopic (exact) mass is 564 g/mol. The topological polar surface area (TPSA) is 76.1 Å². The van der Waals surface area contributed by atoms with Gasteiger partial charge < -0.3 is 14.4 Å². The summed E-state index contributed by atoms with van der Waals surface area (Å²) in [6.45, 7) is 7.75. The molecule has 0 radical (unpaired) electrons. The second kappa shape index (κ2) is 17.7. The Balaban J connectivity index is 1.61. The number of hydrogen-bond donors (Lipinski definition) is 0. The first-order chi connectivity index (χ1) is 20.0. The first kappa shape index (κ1) is 32.5. The minimum atomic E-state index is -1.07. The largest absolute Gasteiger partial charge is 0.464 e. The third-order valence-electron chi connectivity index (χ3n) is 7.84. The van der Waals surface area contributed by atoms with Crippen molar-refractivity contribution >= 4 is 23.3 Å². The maximum Gasteiger partial charge on any atom is 0.332 e. The Morgan fingerprint density at radius 1 is 0.829 bits per heavy atom. The molecule has 0 N–H and O–H groups in total. The summed E-state index contributed by atoms with van der Waals surface area (Å²) in [5, 5.41) is 0. The highest BCUT2D eigenvalue weighted by Gasteiger charge is 2.50. The van der Waals surface area contributed by atoms with Crippen LogP contribution in [-0.4, -0.2) is 67.6 Å². The number of ketones is 1. The van der Waals surface area contributed by atoms with Crippen LogP contribution >= 0.6 is 0 Å². The van der Waals surface area contributed by atoms with Gasteiger partial charge in [-0.25, -0.2) is 4.79 Å². The average molecular weight is 565 g/mol. The molecule has 1 aliphatic rings. The summed E-state index contributed by atoms with van der Waals surface area (Å²) < 4.78 is 11.4. The van der Waals surface area contributed by atoms with Gasteiger partial charge in [-0.15, -0.1) is 0 Å². The molecule has 0 atom stereocenters. The van der Waals surface area contributed by atoms with Crippen molar-refractivity contribution in [1.82, 2.24) is 4.90 Å². The van der Waals surface area contributed by atoms with Crippen LogP contribution in [-0.2, 0) is 30.3 Å². The van der Waals surface area contributed by atoms with Gasteiger partial charge in [-0.3, -0.25) is 14.5 Å². The molecule has 0 spiro atoms. The molecular formula is C34H48N2O5. The van der Waals surface area contributed by atoms with Crippen molar-refractivity contribution in [2.24, 2.45) is 0 Å². The van der Waals surface area contributed by atoms with Gasteiger partial charge in [0.2, 0.25) is 5.91 Å². The predicted molar refractivity (Wildman–Crippen MR) is 163 cm³/mol. The fourth-order valence-corrected chi connectivity index (χ4v) is 5.38. The smallest absolute Gasteiger partial charge is 0.332 e. The second-order valence-corrected chi connectivity index (χ2v) is 10.9. The highest BCUT2D eigenvalue weighted by Crippen LogP contribution is 2.35. The highest BCUT2D eigenvalue weighted by molar-refractivity contribution is 6.02. The van der Waals surface area contributed by atoms with Crippen molar-refractivity contribution in [3.8, 4) is 0 Å². The zero-order valence-electron chi connectivity index (χ0n) is 25.0. The van der Waals surface area contributed by atoms with Crippen LogP contribution in [0.2, 0.25) is 0 Å². The van der Waals surface area contributed by atoms with E-state index < -0.39 is 5.54 Å². The number of carbonyl (C=O) groups is 3. The number of esters is 1. The molecular weight excluding hydrogens is 516 g/mol. The van der Waals surface area contributed by atoms with Crippen LogP contribution in [0.4, 0.5) is 5.69 Å². The number of anilines is 1. The quantitative estimate of drug-likeness (QED) is 0.163. The SMILES string of the molecule is CCCCOCCCC(=O)CCCOC(=O)C1(N(C(=O)CC)c2ccccc2)CCN(CCc2ccccc2)CC1. The lowest BCUT2D eigenvalue weighted by atomic mass is 9.84. The first-order valence-corrected chi connectivity index (χ1v) is 15.4. The van der Waals surface area contributed by atoms with Crippen LogP contribution in [0.25, 0.3) is 0 Å². The average Bonchev–Trinajstić information content (AvgIpc) is 3.01. The molecule has 0 aromatic heterocycles. The van der Waals surface area contributed by atoms with Crippen molar-refractivity contribution in [2.45, 2.75) is 83.6 Å². The first-order valence-electron chi connectivity index (χ1n) is 15.4. The van der Waals surface area contributed by atoms with Gasteiger partial charge in [0.25, 0.3) is 0 Å². The Kier molecular flexibility index (Phi) is 14.0. The number of unbranched alkanes of at least 4 members (excludes halogenated alkanes) is 1. The van der Waals surface area contributed by atoms with Crippen LogP contribution in [0.5, 0.6) is 0 Å². The zero-order valence-corrected chi connectivity index (χ0v) is 25.0. The van der Waals surface area contributed by atoms with E-state index in [1.807, 2.05) is 43.3 Å². The molecule has 3 rings (SSSR count). The van der Waals surface area contributed by atoms with Crippen molar-refractivity contribution in [3.63, 3.8) is 0 Å². The van der Waals surface area contributed by atoms with Gasteiger partial charge in [0, 0.05) is 57.8 Å². The minimum absolute atomic E-state index is 0.0952. The van der Waals surface area contributed by atoms with Crippen LogP contribution < -0.4 is 4.90 Å². The molecule has 0 saturated carbocycles. The Morgan fingerprint density at radius 2 is 1.44 bits per heavy atom. The summed E-state index contributed by atoms with van der Waals surface area (Å²) in [4.78, 5) is 43.6. The van der Waals surface area contributed by atoms with E-state index in [0.717, 1.165) is 38.8 Å². The number of amides is 1. The molecule has 0 bridgehead atoms. The lowest BCUT2D eigenvalue weighted by Gasteiger charge is -2.46. The van der Waals surface area contributed by atoms with Gasteiger partial charge in [0.15, 0.2) is 0 Å². The minimum Gasteiger partial charge on any atom is -0.464 e. The zero-order chi connectivity index (χ0) is 29.3. The maximum absolute atomic E-state index is 13.8. The van der Waals surface area contributed by atoms with E-state index in [9.17, 15) is 14.4 Å². The second-order valence-electron chi connectivity index (χ2n) is 10.9. The summed E-state index contributed by atoms with van der Waals surface area (Å²) >= 11 is 0. The normalized spacial score (nSPS) is 14.9. The van der Waals surface area contributed by atoms with Crippen molar-refractivity contribution in [2.75, 3.05) is 44.4 Å². The van der Waals surface area contributed by atoms with Gasteiger partial charge in [-0.1, -0.05) is 68.8 Å². The third kappa shape index (κ3) is 10.1. The van der Waals surface area contributed by atoms with Crippen LogP contribution in [0.15, 0.2) is 60.7 Å². The lowest BCUT2D eigenvalue weighted by Crippen LogP contribution is -2.63. The number of para-hydroxylation sites is 1. The number of rotatable bonds is 18. The van der Waals surface area contributed by atoms with Crippen molar-refractivity contribution in [1.29, 1.82) is 0 Å². The standard InChI is InChI=1S/C34H48N2O5/c1-3-5-26-40-27-12-18-31(37)19-13-28-41-33(39)34(36(32(38)4-2)30-16-10-7-11-17-30)21-24-35(25-22-34)23-20-29-14-8-6-9-15-29/h6-11,14-17H,3-5,12-13,18-28H2,1-2H3. The van der Waals surface area contributed by atoms with Gasteiger partial charge >= 0.3 is 5.97 Å². The van der Waals surface area contributed by atoms with Gasteiger partial charge in [-0.2, -0.15) is 0 Å². The van der Waals surface area contributed by atoms with Crippen LogP contribution in [0.1, 0.15) is 77.2 Å². The fraction of sp³-hybridized carbons (Fsp3) is 0.559. The molecule has 1 amide bonds. The molecule has 1 aliphatic heterocycles. The van der Waals surface area contributed by atoms with E-state index >= 15 is 0 Å². The van der Waals surface area contributed by atoms with E-state index in [4.69, 9.17) is 9.47 Å². The molecule has 0 unspecified atom stereocenters. The summed E-state index contributed by atoms with van der Waals surface area (Å²) in [6, 6.07) is 19.8. The molecule has 1 saturated heterocycles. The lowest BCUT2D eigenvalue weighted by molar-refractivity contribution is -0.154. The van der Waals surface area contributed by atoms with Crippen LogP contribution in [0, 0.1) is 0 Å². The molecule has 2 aromatic carbocycles. The number of carbonyl (C=O) groups excluding carboxylic acids is 3. The van der Waals surface area contributed by atoms with Gasteiger partial charge in [0.1, 0.15) is 11.3 Å². The number of benzene rings is 2. The molecule has 7 heteroatoms. The predicted octanol–water partition coefficient (Wildman–Crippen LogP) is 6.00. The Hall–Kier alpha value is -3.03. The molecule has 7 nitrogen and oxygen atoms in total. The van der Waals surface area contributed by atoms with Crippen molar-refractivity contribution < 1.29 is 23.9 Å². The summed E-state index contributed by atoms with van der Waals surface area (Å²) in [7, 11) is 0. The van der Waals surface area contributed by atoms with E-state index in [0.29, 0.717) is 57.5 Å². The van der Waals surface area contributed by atoms with E-state index in [1.165, 1.54) is 5.56 Å². The molecule has 1 heterocycles. The third-order valence-corrected chi connectivity index (χ3v) is 7.84. The number of Topliss-reactive ketones (excluding diaryl/α,β-unsaturated/α-hetero) is 1. The molecule has 0 aliphatic carbocycles. The van der Waals surface area contributed by atoms with Crippen LogP contribution in [0.3, 0.4) is 0 Å². The number of hydrogen-bond acceptors (Lipinski definition) is 6. The van der Waals surface area contributed by atoms with Gasteiger partial charge in [0.05, 0.1) is 6.61 Å². The Bertz CT molecular complexity index is 1050. The van der Waals surface area contributed by atoms with Crippen molar-refractivity contribution in [3.05, 3.63) is 66.2 Å². The molecule has 1 fully saturated rings. The summed E-state index contributed by atoms with van der Waals surface area (Å²) in [5.74, 6) is -0.307. The van der Waals surface area contributed by atoms with Gasteiger partial charge in [-0.05, 0) is 56.2 Å². The maximum atomic E-state index is 13.8. The van der Waals surface area contributed by atoms with E-state index in [-0.39, 0.29) is 30.7 Å². The Morgan fingerprint density at radius 3 is 2.07 bits per heavy atom. The van der Waals surface area contributed by atoms with E-state index in [2.05, 4.69) is 36.1 Å². The number of nitrogens with zero attached hydrogens (tertiary/aromatic N) is 2. The number of piperidine rings is 1. The molecule has 41 heavy (non-hydrogen) atoms. The fourth-order valence-electron chi connectivity index (χ4n) is 5.38. The summed E-state index contributed by atoms with van der Waals surface area (Å²) in [6.07, 6.45) is 6.42.